The van der Waals surface area contributed by atoms with E-state index in [9.17, 15) is 8.78 Å². The molecule has 0 aliphatic heterocycles. The van der Waals surface area contributed by atoms with Crippen molar-refractivity contribution in [2.45, 2.75) is 0 Å². The van der Waals surface area contributed by atoms with E-state index in [2.05, 4.69) is 36.4 Å². The van der Waals surface area contributed by atoms with E-state index >= 15 is 0 Å². The van der Waals surface area contributed by atoms with Gasteiger partial charge in [0.1, 0.15) is 11.6 Å². The largest absolute Gasteiger partial charge is 0.207 e. The summed E-state index contributed by atoms with van der Waals surface area (Å²) in [5.41, 5.74) is 0. The Labute approximate surface area is 177 Å². The molecule has 0 radical (unpaired) electrons. The van der Waals surface area contributed by atoms with Crippen LogP contribution in [-0.2, 0) is 0 Å². The number of thiophene rings is 2. The number of halogens is 2. The summed E-state index contributed by atoms with van der Waals surface area (Å²) >= 11 is 3.42. The van der Waals surface area contributed by atoms with Crippen molar-refractivity contribution < 1.29 is 8.78 Å². The van der Waals surface area contributed by atoms with Gasteiger partial charge < -0.3 is 0 Å². The zero-order chi connectivity index (χ0) is 20.0. The van der Waals surface area contributed by atoms with Crippen molar-refractivity contribution in [2.24, 2.45) is 0 Å². The van der Waals surface area contributed by atoms with E-state index < -0.39 is 0 Å². The first-order valence-corrected chi connectivity index (χ1v) is 11.3. The zero-order valence-electron chi connectivity index (χ0n) is 15.5. The van der Waals surface area contributed by atoms with Crippen LogP contribution in [0.4, 0.5) is 8.78 Å². The molecule has 142 valence electrons. The molecular weight excluding hydrogens is 414 g/mol. The van der Waals surface area contributed by atoms with Gasteiger partial charge in [0, 0.05) is 51.1 Å². The van der Waals surface area contributed by atoms with E-state index in [1.165, 1.54) is 32.3 Å². The number of benzene rings is 5. The highest BCUT2D eigenvalue weighted by molar-refractivity contribution is 7.27. The molecule has 0 unspecified atom stereocenters. The van der Waals surface area contributed by atoms with Crippen LogP contribution >= 0.6 is 22.7 Å². The second-order valence-electron chi connectivity index (χ2n) is 7.66. The first-order valence-electron chi connectivity index (χ1n) is 9.65. The third-order valence-corrected chi connectivity index (χ3v) is 8.39. The van der Waals surface area contributed by atoms with Gasteiger partial charge in [0.15, 0.2) is 0 Å². The van der Waals surface area contributed by atoms with Crippen LogP contribution in [0.1, 0.15) is 0 Å². The van der Waals surface area contributed by atoms with Crippen LogP contribution in [0.3, 0.4) is 0 Å². The average Bonchev–Trinajstić information content (AvgIpc) is 3.30. The van der Waals surface area contributed by atoms with Gasteiger partial charge in [0.2, 0.25) is 0 Å². The Balaban J connectivity index is 1.62. The number of fused-ring (bicyclic) bond motifs is 10. The Morgan fingerprint density at radius 3 is 1.37 bits per heavy atom. The lowest BCUT2D eigenvalue weighted by molar-refractivity contribution is 0.629. The highest BCUT2D eigenvalue weighted by Gasteiger charge is 2.13. The molecule has 0 aliphatic rings. The summed E-state index contributed by atoms with van der Waals surface area (Å²) in [6, 6.07) is 23.0. The maximum atomic E-state index is 13.8. The molecule has 5 aromatic carbocycles. The van der Waals surface area contributed by atoms with E-state index in [1.807, 2.05) is 12.1 Å². The SMILES string of the molecule is Fc1ccc2sc3c4cc5ccc6c7cc(F)ccc7sc6c5cc4ccc3c2c1. The molecule has 0 saturated carbocycles. The molecule has 0 spiro atoms. The molecule has 0 bridgehead atoms. The van der Waals surface area contributed by atoms with E-state index in [0.29, 0.717) is 0 Å². The van der Waals surface area contributed by atoms with Crippen molar-refractivity contribution in [1.82, 2.24) is 0 Å². The van der Waals surface area contributed by atoms with Gasteiger partial charge in [-0.3, -0.25) is 0 Å². The normalized spacial score (nSPS) is 12.3. The molecule has 2 aromatic heterocycles. The van der Waals surface area contributed by atoms with Crippen molar-refractivity contribution >= 4 is 84.6 Å². The van der Waals surface area contributed by atoms with E-state index in [0.717, 1.165) is 41.7 Å². The lowest BCUT2D eigenvalue weighted by Gasteiger charge is -2.05. The molecule has 30 heavy (non-hydrogen) atoms. The van der Waals surface area contributed by atoms with Crippen molar-refractivity contribution in [3.05, 3.63) is 84.4 Å². The number of rotatable bonds is 0. The van der Waals surface area contributed by atoms with Crippen LogP contribution < -0.4 is 0 Å². The van der Waals surface area contributed by atoms with Gasteiger partial charge in [-0.15, -0.1) is 22.7 Å². The molecule has 0 N–H and O–H groups in total. The van der Waals surface area contributed by atoms with Gasteiger partial charge >= 0.3 is 0 Å². The van der Waals surface area contributed by atoms with Gasteiger partial charge in [-0.05, 0) is 59.3 Å². The Morgan fingerprint density at radius 2 is 0.900 bits per heavy atom. The van der Waals surface area contributed by atoms with Crippen molar-refractivity contribution in [2.75, 3.05) is 0 Å². The highest BCUT2D eigenvalue weighted by Crippen LogP contribution is 2.43. The quantitative estimate of drug-likeness (QED) is 0.212. The molecule has 7 rings (SSSR count). The van der Waals surface area contributed by atoms with Gasteiger partial charge in [0.05, 0.1) is 0 Å². The van der Waals surface area contributed by atoms with Gasteiger partial charge in [0.25, 0.3) is 0 Å². The Kier molecular flexibility index (Phi) is 3.20. The van der Waals surface area contributed by atoms with E-state index in [4.69, 9.17) is 0 Å². The summed E-state index contributed by atoms with van der Waals surface area (Å²) in [4.78, 5) is 0. The maximum Gasteiger partial charge on any atom is 0.123 e. The van der Waals surface area contributed by atoms with E-state index in [1.54, 1.807) is 34.8 Å². The molecule has 0 fully saturated rings. The fourth-order valence-electron chi connectivity index (χ4n) is 4.56. The third kappa shape index (κ3) is 2.18. The zero-order valence-corrected chi connectivity index (χ0v) is 17.1. The maximum absolute atomic E-state index is 13.8. The molecule has 0 amide bonds. The highest BCUT2D eigenvalue weighted by atomic mass is 32.1. The fraction of sp³-hybridized carbons (Fsp3) is 0. The van der Waals surface area contributed by atoms with Crippen LogP contribution in [-0.4, -0.2) is 0 Å². The van der Waals surface area contributed by atoms with Crippen LogP contribution in [0.25, 0.3) is 61.9 Å². The molecular formula is C26H12F2S2. The van der Waals surface area contributed by atoms with E-state index in [-0.39, 0.29) is 11.6 Å². The molecule has 0 atom stereocenters. The van der Waals surface area contributed by atoms with Crippen molar-refractivity contribution in [3.8, 4) is 0 Å². The van der Waals surface area contributed by atoms with Crippen molar-refractivity contribution in [3.63, 3.8) is 0 Å². The predicted molar refractivity (Wildman–Crippen MR) is 127 cm³/mol. The molecule has 0 nitrogen and oxygen atoms in total. The second kappa shape index (κ2) is 5.75. The van der Waals surface area contributed by atoms with Gasteiger partial charge in [-0.2, -0.15) is 0 Å². The van der Waals surface area contributed by atoms with Gasteiger partial charge in [-0.1, -0.05) is 24.3 Å². The summed E-state index contributed by atoms with van der Waals surface area (Å²) in [7, 11) is 0. The smallest absolute Gasteiger partial charge is 0.123 e. The lowest BCUT2D eigenvalue weighted by atomic mass is 10.00. The van der Waals surface area contributed by atoms with Crippen LogP contribution in [0.15, 0.2) is 72.8 Å². The summed E-state index contributed by atoms with van der Waals surface area (Å²) in [5.74, 6) is -0.409. The van der Waals surface area contributed by atoms with Crippen LogP contribution in [0.5, 0.6) is 0 Å². The summed E-state index contributed by atoms with van der Waals surface area (Å²) < 4.78 is 32.2. The average molecular weight is 427 g/mol. The first kappa shape index (κ1) is 16.7. The number of hydrogen-bond acceptors (Lipinski definition) is 2. The Hall–Kier alpha value is -3.08. The molecule has 0 saturated heterocycles. The molecule has 2 heterocycles. The minimum atomic E-state index is -0.204. The minimum absolute atomic E-state index is 0.204. The second-order valence-corrected chi connectivity index (χ2v) is 9.77. The monoisotopic (exact) mass is 426 g/mol. The molecule has 0 aliphatic carbocycles. The predicted octanol–water partition coefficient (Wildman–Crippen LogP) is 9.01. The third-order valence-electron chi connectivity index (χ3n) is 5.95. The van der Waals surface area contributed by atoms with Crippen molar-refractivity contribution in [1.29, 1.82) is 0 Å². The molecule has 7 aromatic rings. The summed E-state index contributed by atoms with van der Waals surface area (Å²) in [6.07, 6.45) is 0. The minimum Gasteiger partial charge on any atom is -0.207 e. The Bertz CT molecular complexity index is 1690. The fourth-order valence-corrected chi connectivity index (χ4v) is 6.98. The topological polar surface area (TPSA) is 0 Å². The molecule has 4 heteroatoms. The lowest BCUT2D eigenvalue weighted by Crippen LogP contribution is -1.78. The van der Waals surface area contributed by atoms with Crippen LogP contribution in [0, 0.1) is 11.6 Å². The van der Waals surface area contributed by atoms with Crippen LogP contribution in [0.2, 0.25) is 0 Å². The Morgan fingerprint density at radius 1 is 0.433 bits per heavy atom. The number of hydrogen-bond donors (Lipinski definition) is 0. The summed E-state index contributed by atoms with van der Waals surface area (Å²) in [5, 5.41) is 8.84. The van der Waals surface area contributed by atoms with Gasteiger partial charge in [-0.25, -0.2) is 8.78 Å². The first-order chi connectivity index (χ1) is 14.7. The summed E-state index contributed by atoms with van der Waals surface area (Å²) in [6.45, 7) is 0. The standard InChI is InChI=1S/C26H12F2S2/c27-15-3-7-23-21(11-15)17-5-1-13-9-20-14(10-19(13)25(17)29-23)2-6-18-22-12-16(28)4-8-24(22)30-26(18)20/h1-12H.